The summed E-state index contributed by atoms with van der Waals surface area (Å²) in [5.74, 6) is 0.820. The van der Waals surface area contributed by atoms with Crippen LogP contribution in [0.4, 0.5) is 11.4 Å². The Morgan fingerprint density at radius 2 is 1.66 bits per heavy atom. The Morgan fingerprint density at radius 3 is 2.40 bits per heavy atom. The molecule has 1 atom stereocenters. The fourth-order valence-corrected chi connectivity index (χ4v) is 5.82. The lowest BCUT2D eigenvalue weighted by Gasteiger charge is -2.36. The predicted molar refractivity (Wildman–Crippen MR) is 144 cm³/mol. The van der Waals surface area contributed by atoms with Crippen LogP contribution < -0.4 is 10.2 Å². The number of benzene rings is 3. The highest BCUT2D eigenvalue weighted by molar-refractivity contribution is 7.99. The van der Waals surface area contributed by atoms with Gasteiger partial charge in [0, 0.05) is 61.4 Å². The predicted octanol–water partition coefficient (Wildman–Crippen LogP) is 5.53. The quantitative estimate of drug-likeness (QED) is 0.423. The minimum atomic E-state index is -0.0669. The van der Waals surface area contributed by atoms with Gasteiger partial charge in [-0.2, -0.15) is 0 Å². The first-order valence-corrected chi connectivity index (χ1v) is 13.5. The molecule has 6 heteroatoms. The van der Waals surface area contributed by atoms with Crippen LogP contribution in [0.2, 0.25) is 0 Å². The molecule has 0 bridgehead atoms. The third-order valence-corrected chi connectivity index (χ3v) is 7.90. The Balaban J connectivity index is 1.14. The molecule has 2 saturated heterocycles. The summed E-state index contributed by atoms with van der Waals surface area (Å²) in [6.07, 6.45) is 2.53. The third kappa shape index (κ3) is 6.45. The van der Waals surface area contributed by atoms with Crippen LogP contribution in [0, 0.1) is 0 Å². The first kappa shape index (κ1) is 23.9. The van der Waals surface area contributed by atoms with Crippen LogP contribution in [-0.4, -0.2) is 55.4 Å². The van der Waals surface area contributed by atoms with Crippen LogP contribution in [0.15, 0.2) is 83.8 Å². The van der Waals surface area contributed by atoms with Gasteiger partial charge in [-0.25, -0.2) is 0 Å². The van der Waals surface area contributed by atoms with Gasteiger partial charge >= 0.3 is 0 Å². The fourth-order valence-electron chi connectivity index (χ4n) is 4.70. The fraction of sp³-hybridized carbons (Fsp3) is 0.345. The lowest BCUT2D eigenvalue weighted by Crippen LogP contribution is -2.45. The maximum Gasteiger partial charge on any atom is 0.256 e. The summed E-state index contributed by atoms with van der Waals surface area (Å²) in [5.41, 5.74) is 4.11. The van der Waals surface area contributed by atoms with E-state index in [1.807, 2.05) is 36.4 Å². The number of anilines is 2. The number of ether oxygens (including phenoxy) is 1. The van der Waals surface area contributed by atoms with Gasteiger partial charge in [0.05, 0.1) is 11.7 Å². The van der Waals surface area contributed by atoms with Gasteiger partial charge in [0.15, 0.2) is 0 Å². The Labute approximate surface area is 212 Å². The SMILES string of the molecule is O=C(Nc1ccc(N2CCN(Cc3ccccc3)CC2)cc1)c1ccccc1SCC1CCCO1. The van der Waals surface area contributed by atoms with Gasteiger partial charge in [0.25, 0.3) is 5.91 Å². The molecule has 182 valence electrons. The molecule has 0 aliphatic carbocycles. The second-order valence-electron chi connectivity index (χ2n) is 9.19. The van der Waals surface area contributed by atoms with Gasteiger partial charge in [-0.1, -0.05) is 42.5 Å². The summed E-state index contributed by atoms with van der Waals surface area (Å²) < 4.78 is 5.74. The zero-order valence-corrected chi connectivity index (χ0v) is 20.9. The van der Waals surface area contributed by atoms with Gasteiger partial charge in [0.2, 0.25) is 0 Å². The van der Waals surface area contributed by atoms with Gasteiger partial charge in [-0.3, -0.25) is 9.69 Å². The van der Waals surface area contributed by atoms with E-state index in [1.165, 1.54) is 11.3 Å². The second-order valence-corrected chi connectivity index (χ2v) is 10.3. The standard InChI is InChI=1S/C29H33N3O2S/c33-29(27-10-4-5-11-28(27)35-22-26-9-6-20-34-26)30-24-12-14-25(15-13-24)32-18-16-31(17-19-32)21-23-7-2-1-3-8-23/h1-5,7-8,10-15,26H,6,9,16-22H2,(H,30,33). The molecule has 3 aromatic carbocycles. The molecule has 2 aliphatic heterocycles. The van der Waals surface area contributed by atoms with E-state index < -0.39 is 0 Å². The molecule has 0 radical (unpaired) electrons. The van der Waals surface area contributed by atoms with Crippen molar-refractivity contribution in [1.29, 1.82) is 0 Å². The van der Waals surface area contributed by atoms with Crippen molar-refractivity contribution < 1.29 is 9.53 Å². The van der Waals surface area contributed by atoms with Crippen LogP contribution in [0.3, 0.4) is 0 Å². The van der Waals surface area contributed by atoms with Gasteiger partial charge in [-0.05, 0) is 54.8 Å². The van der Waals surface area contributed by atoms with Gasteiger partial charge in [-0.15, -0.1) is 11.8 Å². The van der Waals surface area contributed by atoms with Crippen LogP contribution in [0.1, 0.15) is 28.8 Å². The van der Waals surface area contributed by atoms with Crippen LogP contribution >= 0.6 is 11.8 Å². The van der Waals surface area contributed by atoms with Crippen molar-refractivity contribution in [3.05, 3.63) is 90.0 Å². The molecular formula is C29H33N3O2S. The van der Waals surface area contributed by atoms with Gasteiger partial charge in [0.1, 0.15) is 0 Å². The molecule has 1 unspecified atom stereocenters. The number of carbonyl (C=O) groups excluding carboxylic acids is 1. The smallest absolute Gasteiger partial charge is 0.256 e. The van der Waals surface area contributed by atoms with E-state index in [1.54, 1.807) is 11.8 Å². The lowest BCUT2D eigenvalue weighted by molar-refractivity contribution is 0.102. The summed E-state index contributed by atoms with van der Waals surface area (Å²) in [6, 6.07) is 26.7. The van der Waals surface area contributed by atoms with Crippen molar-refractivity contribution >= 4 is 29.0 Å². The molecule has 1 N–H and O–H groups in total. The normalized spacial score (nSPS) is 18.5. The monoisotopic (exact) mass is 487 g/mol. The van der Waals surface area contributed by atoms with E-state index in [0.717, 1.165) is 68.5 Å². The first-order chi connectivity index (χ1) is 17.2. The number of hydrogen-bond donors (Lipinski definition) is 1. The Bertz CT molecular complexity index is 1090. The minimum Gasteiger partial charge on any atom is -0.377 e. The minimum absolute atomic E-state index is 0.0669. The molecular weight excluding hydrogens is 454 g/mol. The van der Waals surface area contributed by atoms with E-state index >= 15 is 0 Å². The lowest BCUT2D eigenvalue weighted by atomic mass is 10.1. The number of carbonyl (C=O) groups is 1. The van der Waals surface area contributed by atoms with Crippen LogP contribution in [0.25, 0.3) is 0 Å². The maximum atomic E-state index is 13.0. The van der Waals surface area contributed by atoms with Crippen LogP contribution in [-0.2, 0) is 11.3 Å². The number of piperazine rings is 1. The highest BCUT2D eigenvalue weighted by atomic mass is 32.2. The number of thioether (sulfide) groups is 1. The summed E-state index contributed by atoms with van der Waals surface area (Å²) in [4.78, 5) is 19.0. The highest BCUT2D eigenvalue weighted by Gasteiger charge is 2.19. The summed E-state index contributed by atoms with van der Waals surface area (Å²) in [7, 11) is 0. The average molecular weight is 488 g/mol. The summed E-state index contributed by atoms with van der Waals surface area (Å²) in [6.45, 7) is 5.98. The Kier molecular flexibility index (Phi) is 8.03. The zero-order valence-electron chi connectivity index (χ0n) is 20.1. The third-order valence-electron chi connectivity index (χ3n) is 6.69. The molecule has 2 fully saturated rings. The summed E-state index contributed by atoms with van der Waals surface area (Å²) in [5, 5.41) is 3.08. The number of nitrogens with one attached hydrogen (secondary N) is 1. The Morgan fingerprint density at radius 1 is 0.914 bits per heavy atom. The second kappa shape index (κ2) is 11.8. The number of rotatable bonds is 8. The Hall–Kier alpha value is -2.80. The summed E-state index contributed by atoms with van der Waals surface area (Å²) >= 11 is 1.71. The van der Waals surface area contributed by atoms with E-state index in [9.17, 15) is 4.79 Å². The molecule has 3 aromatic rings. The van der Waals surface area contributed by atoms with E-state index in [2.05, 4.69) is 57.6 Å². The first-order valence-electron chi connectivity index (χ1n) is 12.5. The number of nitrogens with zero attached hydrogens (tertiary/aromatic N) is 2. The molecule has 5 nitrogen and oxygen atoms in total. The van der Waals surface area contributed by atoms with Crippen molar-refractivity contribution in [2.24, 2.45) is 0 Å². The largest absolute Gasteiger partial charge is 0.377 e. The van der Waals surface area contributed by atoms with Crippen molar-refractivity contribution in [1.82, 2.24) is 4.90 Å². The van der Waals surface area contributed by atoms with Crippen molar-refractivity contribution in [2.75, 3.05) is 48.8 Å². The molecule has 2 heterocycles. The highest BCUT2D eigenvalue weighted by Crippen LogP contribution is 2.28. The van der Waals surface area contributed by atoms with E-state index in [0.29, 0.717) is 11.7 Å². The maximum absolute atomic E-state index is 13.0. The molecule has 0 saturated carbocycles. The molecule has 35 heavy (non-hydrogen) atoms. The molecule has 0 spiro atoms. The zero-order chi connectivity index (χ0) is 23.9. The molecule has 0 aromatic heterocycles. The van der Waals surface area contributed by atoms with Crippen LogP contribution in [0.5, 0.6) is 0 Å². The van der Waals surface area contributed by atoms with Crippen molar-refractivity contribution in [3.63, 3.8) is 0 Å². The molecule has 2 aliphatic rings. The van der Waals surface area contributed by atoms with Crippen molar-refractivity contribution in [2.45, 2.75) is 30.4 Å². The van der Waals surface area contributed by atoms with Crippen molar-refractivity contribution in [3.8, 4) is 0 Å². The molecule has 5 rings (SSSR count). The van der Waals surface area contributed by atoms with E-state index in [4.69, 9.17) is 4.74 Å². The van der Waals surface area contributed by atoms with E-state index in [-0.39, 0.29) is 5.91 Å². The number of amides is 1. The average Bonchev–Trinajstić information content (AvgIpc) is 3.43. The topological polar surface area (TPSA) is 44.8 Å². The molecule has 1 amide bonds. The number of hydrogen-bond acceptors (Lipinski definition) is 5. The van der Waals surface area contributed by atoms with Gasteiger partial charge < -0.3 is 15.0 Å².